The lowest BCUT2D eigenvalue weighted by Gasteiger charge is -2.08. The molecule has 98 valence electrons. The summed E-state index contributed by atoms with van der Waals surface area (Å²) in [6.45, 7) is 0.0875. The minimum absolute atomic E-state index is 0.0875. The maximum absolute atomic E-state index is 9.23. The van der Waals surface area contributed by atoms with Gasteiger partial charge in [0, 0.05) is 6.54 Å². The Kier molecular flexibility index (Phi) is 5.85. The molecule has 7 N–H and O–H groups in total. The SMILES string of the molecule is NC[C@H](O)c1ccc(O)c(O)c1.O=S(=O)(O)O. The standard InChI is InChI=1S/C8H11NO3.H2O4S/c9-4-8(12)5-1-2-6(10)7(11)3-5;1-5(2,3)4/h1-3,8,10-12H,4,9H2;(H2,1,2,3,4)/t8-;/m0./s1. The summed E-state index contributed by atoms with van der Waals surface area (Å²) in [5, 5.41) is 27.2. The Morgan fingerprint density at radius 1 is 1.18 bits per heavy atom. The van der Waals surface area contributed by atoms with Crippen LogP contribution in [0.4, 0.5) is 0 Å². The van der Waals surface area contributed by atoms with E-state index in [2.05, 4.69) is 0 Å². The highest BCUT2D eigenvalue weighted by molar-refractivity contribution is 7.79. The molecule has 0 bridgehead atoms. The average Bonchev–Trinajstić information content (AvgIpc) is 2.18. The quantitative estimate of drug-likeness (QED) is 0.307. The molecule has 0 aliphatic carbocycles. The molecule has 0 amide bonds. The van der Waals surface area contributed by atoms with Gasteiger partial charge in [-0.1, -0.05) is 6.07 Å². The molecule has 1 aromatic rings. The third-order valence-electron chi connectivity index (χ3n) is 1.61. The summed E-state index contributed by atoms with van der Waals surface area (Å²) in [6.07, 6.45) is -0.795. The van der Waals surface area contributed by atoms with Crippen molar-refractivity contribution in [2.45, 2.75) is 6.10 Å². The topological polar surface area (TPSA) is 161 Å². The van der Waals surface area contributed by atoms with Crippen molar-refractivity contribution < 1.29 is 32.8 Å². The van der Waals surface area contributed by atoms with E-state index < -0.39 is 16.5 Å². The van der Waals surface area contributed by atoms with Gasteiger partial charge in [0.05, 0.1) is 6.10 Å². The summed E-state index contributed by atoms with van der Waals surface area (Å²) in [4.78, 5) is 0. The smallest absolute Gasteiger partial charge is 0.394 e. The molecule has 0 saturated carbocycles. The monoisotopic (exact) mass is 267 g/mol. The van der Waals surface area contributed by atoms with Gasteiger partial charge < -0.3 is 21.1 Å². The molecule has 9 heteroatoms. The van der Waals surface area contributed by atoms with Crippen LogP contribution < -0.4 is 5.73 Å². The third-order valence-corrected chi connectivity index (χ3v) is 1.61. The van der Waals surface area contributed by atoms with Crippen LogP contribution in [0.25, 0.3) is 0 Å². The number of aliphatic hydroxyl groups is 1. The van der Waals surface area contributed by atoms with Crippen molar-refractivity contribution in [3.05, 3.63) is 23.8 Å². The highest BCUT2D eigenvalue weighted by atomic mass is 32.3. The minimum Gasteiger partial charge on any atom is -0.504 e. The third kappa shape index (κ3) is 7.49. The zero-order chi connectivity index (χ0) is 13.6. The van der Waals surface area contributed by atoms with E-state index in [-0.39, 0.29) is 18.0 Å². The molecule has 8 nitrogen and oxygen atoms in total. The molecule has 0 heterocycles. The first-order chi connectivity index (χ1) is 7.65. The molecule has 0 saturated heterocycles. The lowest BCUT2D eigenvalue weighted by atomic mass is 10.1. The first kappa shape index (κ1) is 15.6. The molecule has 0 aliphatic rings. The largest absolute Gasteiger partial charge is 0.504 e. The van der Waals surface area contributed by atoms with E-state index in [4.69, 9.17) is 33.5 Å². The van der Waals surface area contributed by atoms with Crippen molar-refractivity contribution >= 4 is 10.4 Å². The minimum atomic E-state index is -4.67. The summed E-state index contributed by atoms with van der Waals surface area (Å²) in [6, 6.07) is 4.10. The van der Waals surface area contributed by atoms with Gasteiger partial charge in [-0.15, -0.1) is 0 Å². The number of aromatic hydroxyl groups is 2. The summed E-state index contributed by atoms with van der Waals surface area (Å²) in [5.41, 5.74) is 5.69. The van der Waals surface area contributed by atoms with Crippen LogP contribution in [0, 0.1) is 0 Å². The number of aliphatic hydroxyl groups excluding tert-OH is 1. The van der Waals surface area contributed by atoms with Crippen molar-refractivity contribution in [1.82, 2.24) is 0 Å². The zero-order valence-corrected chi connectivity index (χ0v) is 9.37. The molecular formula is C8H13NO7S. The van der Waals surface area contributed by atoms with E-state index >= 15 is 0 Å². The van der Waals surface area contributed by atoms with Gasteiger partial charge in [0.1, 0.15) is 0 Å². The predicted molar refractivity (Wildman–Crippen MR) is 58.0 cm³/mol. The van der Waals surface area contributed by atoms with Crippen LogP contribution in [0.5, 0.6) is 11.5 Å². The van der Waals surface area contributed by atoms with Crippen molar-refractivity contribution in [3.63, 3.8) is 0 Å². The van der Waals surface area contributed by atoms with Crippen LogP contribution in [0.3, 0.4) is 0 Å². The van der Waals surface area contributed by atoms with Gasteiger partial charge in [0.25, 0.3) is 0 Å². The van der Waals surface area contributed by atoms with Crippen LogP contribution in [-0.2, 0) is 10.4 Å². The number of nitrogens with two attached hydrogens (primary N) is 1. The molecule has 0 aromatic heterocycles. The van der Waals surface area contributed by atoms with Gasteiger partial charge in [-0.3, -0.25) is 9.11 Å². The highest BCUT2D eigenvalue weighted by Gasteiger charge is 2.07. The van der Waals surface area contributed by atoms with Crippen molar-refractivity contribution in [2.75, 3.05) is 6.54 Å². The van der Waals surface area contributed by atoms with Crippen molar-refractivity contribution in [2.24, 2.45) is 5.73 Å². The second-order valence-electron chi connectivity index (χ2n) is 2.95. The van der Waals surface area contributed by atoms with Gasteiger partial charge >= 0.3 is 10.4 Å². The molecule has 1 rings (SSSR count). The fourth-order valence-electron chi connectivity index (χ4n) is 0.884. The fourth-order valence-corrected chi connectivity index (χ4v) is 0.884. The Hall–Kier alpha value is -1.39. The van der Waals surface area contributed by atoms with E-state index in [0.717, 1.165) is 0 Å². The van der Waals surface area contributed by atoms with Gasteiger partial charge in [-0.05, 0) is 17.7 Å². The van der Waals surface area contributed by atoms with Crippen LogP contribution in [0.2, 0.25) is 0 Å². The number of phenols is 2. The highest BCUT2D eigenvalue weighted by Crippen LogP contribution is 2.27. The van der Waals surface area contributed by atoms with Crippen LogP contribution in [0.1, 0.15) is 11.7 Å². The Morgan fingerprint density at radius 2 is 1.65 bits per heavy atom. The number of hydrogen-bond acceptors (Lipinski definition) is 6. The summed E-state index contributed by atoms with van der Waals surface area (Å²) in [5.74, 6) is -0.456. The Bertz CT molecular complexity index is 451. The van der Waals surface area contributed by atoms with Gasteiger partial charge in [-0.25, -0.2) is 0 Å². The zero-order valence-electron chi connectivity index (χ0n) is 8.55. The number of phenolic OH excluding ortho intramolecular Hbond substituents is 2. The second kappa shape index (κ2) is 6.37. The van der Waals surface area contributed by atoms with E-state index in [9.17, 15) is 5.11 Å². The van der Waals surface area contributed by atoms with Crippen LogP contribution in [0.15, 0.2) is 18.2 Å². The van der Waals surface area contributed by atoms with Gasteiger partial charge in [0.15, 0.2) is 11.5 Å². The molecule has 1 atom stereocenters. The molecule has 17 heavy (non-hydrogen) atoms. The molecule has 0 unspecified atom stereocenters. The first-order valence-corrected chi connectivity index (χ1v) is 5.64. The number of benzene rings is 1. The van der Waals surface area contributed by atoms with E-state index in [0.29, 0.717) is 5.56 Å². The molecular weight excluding hydrogens is 254 g/mol. The Labute approximate surface area is 97.5 Å². The first-order valence-electron chi connectivity index (χ1n) is 4.25. The normalized spacial score (nSPS) is 12.5. The van der Waals surface area contributed by atoms with Crippen LogP contribution >= 0.6 is 0 Å². The van der Waals surface area contributed by atoms with E-state index in [1.165, 1.54) is 18.2 Å². The summed E-state index contributed by atoms with van der Waals surface area (Å²) in [7, 11) is -4.67. The predicted octanol–water partition coefficient (Wildman–Crippen LogP) is -0.563. The molecule has 0 radical (unpaired) electrons. The lowest BCUT2D eigenvalue weighted by molar-refractivity contribution is 0.186. The molecule has 1 aromatic carbocycles. The summed E-state index contributed by atoms with van der Waals surface area (Å²) < 4.78 is 31.6. The van der Waals surface area contributed by atoms with Crippen LogP contribution in [-0.4, -0.2) is 39.4 Å². The maximum atomic E-state index is 9.23. The molecule has 0 aliphatic heterocycles. The molecule has 0 fully saturated rings. The Morgan fingerprint density at radius 3 is 2.00 bits per heavy atom. The average molecular weight is 267 g/mol. The lowest BCUT2D eigenvalue weighted by Crippen LogP contribution is -2.11. The van der Waals surface area contributed by atoms with E-state index in [1.807, 2.05) is 0 Å². The molecule has 0 spiro atoms. The van der Waals surface area contributed by atoms with Crippen molar-refractivity contribution in [1.29, 1.82) is 0 Å². The Balaban J connectivity index is 0.000000437. The van der Waals surface area contributed by atoms with Crippen molar-refractivity contribution in [3.8, 4) is 11.5 Å². The van der Waals surface area contributed by atoms with Gasteiger partial charge in [-0.2, -0.15) is 8.42 Å². The second-order valence-corrected chi connectivity index (χ2v) is 3.84. The van der Waals surface area contributed by atoms with E-state index in [1.54, 1.807) is 0 Å². The fraction of sp³-hybridized carbons (Fsp3) is 0.250. The van der Waals surface area contributed by atoms with Gasteiger partial charge in [0.2, 0.25) is 0 Å². The summed E-state index contributed by atoms with van der Waals surface area (Å²) >= 11 is 0. The maximum Gasteiger partial charge on any atom is 0.394 e. The number of hydrogen-bond donors (Lipinski definition) is 6. The number of rotatable bonds is 2.